The topological polar surface area (TPSA) is 27.7 Å². The summed E-state index contributed by atoms with van der Waals surface area (Å²) >= 11 is 0. The molecule has 0 aliphatic carbocycles. The molecular weight excluding hydrogens is 324 g/mol. The maximum Gasteiger partial charge on any atom is 0.175 e. The summed E-state index contributed by atoms with van der Waals surface area (Å²) in [6, 6.07) is 0. The van der Waals surface area contributed by atoms with Gasteiger partial charge >= 0.3 is 0 Å². The first-order valence-electron chi connectivity index (χ1n) is 11.6. The lowest BCUT2D eigenvalue weighted by Gasteiger charge is -2.54. The van der Waals surface area contributed by atoms with E-state index >= 15 is 0 Å². The highest BCUT2D eigenvalue weighted by atomic mass is 16.7. The fourth-order valence-electron chi connectivity index (χ4n) is 4.47. The van der Waals surface area contributed by atoms with Gasteiger partial charge in [0.25, 0.3) is 0 Å². The minimum Gasteiger partial charge on any atom is -0.374 e. The Labute approximate surface area is 163 Å². The lowest BCUT2D eigenvalue weighted by atomic mass is 9.69. The van der Waals surface area contributed by atoms with E-state index in [4.69, 9.17) is 14.2 Å². The molecule has 1 aliphatic heterocycles. The van der Waals surface area contributed by atoms with E-state index < -0.39 is 5.79 Å². The molecule has 1 fully saturated rings. The molecule has 0 aromatic heterocycles. The maximum absolute atomic E-state index is 6.63. The Hall–Kier alpha value is -0.120. The Bertz CT molecular complexity index is 298. The van der Waals surface area contributed by atoms with Gasteiger partial charge in [0.1, 0.15) is 0 Å². The molecule has 0 radical (unpaired) electrons. The van der Waals surface area contributed by atoms with Gasteiger partial charge in [0.2, 0.25) is 0 Å². The van der Waals surface area contributed by atoms with Crippen LogP contribution < -0.4 is 0 Å². The van der Waals surface area contributed by atoms with Gasteiger partial charge in [-0.1, -0.05) is 73.1 Å². The number of ether oxygens (including phenoxy) is 3. The predicted octanol–water partition coefficient (Wildman–Crippen LogP) is 6.88. The number of hydrogen-bond acceptors (Lipinski definition) is 3. The van der Waals surface area contributed by atoms with Gasteiger partial charge in [-0.15, -0.1) is 0 Å². The van der Waals surface area contributed by atoms with Crippen LogP contribution in [0.5, 0.6) is 0 Å². The third-order valence-corrected chi connectivity index (χ3v) is 5.86. The van der Waals surface area contributed by atoms with Crippen LogP contribution in [0.25, 0.3) is 0 Å². The molecule has 26 heavy (non-hydrogen) atoms. The average Bonchev–Trinajstić information content (AvgIpc) is 2.67. The predicted molar refractivity (Wildman–Crippen MR) is 111 cm³/mol. The zero-order chi connectivity index (χ0) is 19.3. The van der Waals surface area contributed by atoms with Crippen LogP contribution in [0.4, 0.5) is 0 Å². The second-order valence-corrected chi connectivity index (χ2v) is 8.07. The Kier molecular flexibility index (Phi) is 12.1. The van der Waals surface area contributed by atoms with Crippen LogP contribution in [0.2, 0.25) is 0 Å². The molecule has 0 spiro atoms. The second-order valence-electron chi connectivity index (χ2n) is 8.07. The van der Waals surface area contributed by atoms with E-state index in [1.165, 1.54) is 38.5 Å². The van der Waals surface area contributed by atoms with Gasteiger partial charge in [0.15, 0.2) is 5.79 Å². The van der Waals surface area contributed by atoms with Crippen molar-refractivity contribution in [3.8, 4) is 0 Å². The maximum atomic E-state index is 6.63. The lowest BCUT2D eigenvalue weighted by Crippen LogP contribution is -2.60. The fourth-order valence-corrected chi connectivity index (χ4v) is 4.47. The van der Waals surface area contributed by atoms with Crippen molar-refractivity contribution >= 4 is 0 Å². The molecule has 0 amide bonds. The SMILES string of the molecule is CCCCC1C(CCCC)(CCCC)OCCC1(OCCC)OCCC. The number of hydrogen-bond donors (Lipinski definition) is 0. The van der Waals surface area contributed by atoms with Gasteiger partial charge in [0.05, 0.1) is 12.2 Å². The van der Waals surface area contributed by atoms with E-state index in [0.29, 0.717) is 5.92 Å². The summed E-state index contributed by atoms with van der Waals surface area (Å²) in [7, 11) is 0. The lowest BCUT2D eigenvalue weighted by molar-refractivity contribution is -0.338. The van der Waals surface area contributed by atoms with Gasteiger partial charge < -0.3 is 14.2 Å². The first-order valence-corrected chi connectivity index (χ1v) is 11.6. The molecule has 3 heteroatoms. The summed E-state index contributed by atoms with van der Waals surface area (Å²) in [6.07, 6.45) is 13.7. The van der Waals surface area contributed by atoms with Gasteiger partial charge in [-0.2, -0.15) is 0 Å². The molecule has 0 aromatic rings. The molecule has 1 aliphatic rings. The van der Waals surface area contributed by atoms with Gasteiger partial charge in [-0.05, 0) is 32.1 Å². The van der Waals surface area contributed by atoms with E-state index in [1.54, 1.807) is 0 Å². The van der Waals surface area contributed by atoms with Crippen molar-refractivity contribution in [3.63, 3.8) is 0 Å². The first-order chi connectivity index (χ1) is 12.6. The summed E-state index contributed by atoms with van der Waals surface area (Å²) in [5, 5.41) is 0. The molecule has 156 valence electrons. The summed E-state index contributed by atoms with van der Waals surface area (Å²) < 4.78 is 19.7. The zero-order valence-corrected chi connectivity index (χ0v) is 18.4. The highest BCUT2D eigenvalue weighted by Gasteiger charge is 2.55. The monoisotopic (exact) mass is 370 g/mol. The van der Waals surface area contributed by atoms with Crippen LogP contribution in [0.15, 0.2) is 0 Å². The number of unbranched alkanes of at least 4 members (excludes halogenated alkanes) is 3. The van der Waals surface area contributed by atoms with Crippen molar-refractivity contribution in [2.24, 2.45) is 5.92 Å². The van der Waals surface area contributed by atoms with E-state index in [0.717, 1.165) is 58.3 Å². The summed E-state index contributed by atoms with van der Waals surface area (Å²) in [5.41, 5.74) is -0.0685. The van der Waals surface area contributed by atoms with Gasteiger partial charge in [-0.3, -0.25) is 0 Å². The van der Waals surface area contributed by atoms with Crippen LogP contribution in [-0.2, 0) is 14.2 Å². The third kappa shape index (κ3) is 6.49. The molecule has 1 saturated heterocycles. The molecule has 0 saturated carbocycles. The molecule has 0 bridgehead atoms. The van der Waals surface area contributed by atoms with E-state index in [9.17, 15) is 0 Å². The Morgan fingerprint density at radius 2 is 1.31 bits per heavy atom. The zero-order valence-electron chi connectivity index (χ0n) is 18.4. The normalized spacial score (nSPS) is 21.8. The second kappa shape index (κ2) is 13.1. The summed E-state index contributed by atoms with van der Waals surface area (Å²) in [5.74, 6) is -0.0964. The Morgan fingerprint density at radius 3 is 1.77 bits per heavy atom. The van der Waals surface area contributed by atoms with Crippen LogP contribution >= 0.6 is 0 Å². The van der Waals surface area contributed by atoms with Crippen LogP contribution in [0.3, 0.4) is 0 Å². The smallest absolute Gasteiger partial charge is 0.175 e. The summed E-state index contributed by atoms with van der Waals surface area (Å²) in [6.45, 7) is 13.6. The molecule has 1 unspecified atom stereocenters. The van der Waals surface area contributed by atoms with E-state index in [1.807, 2.05) is 0 Å². The largest absolute Gasteiger partial charge is 0.374 e. The van der Waals surface area contributed by atoms with Crippen molar-refractivity contribution in [1.82, 2.24) is 0 Å². The molecular formula is C23H46O3. The molecule has 1 rings (SSSR count). The van der Waals surface area contributed by atoms with E-state index in [2.05, 4.69) is 34.6 Å². The molecule has 1 atom stereocenters. The summed E-state index contributed by atoms with van der Waals surface area (Å²) in [4.78, 5) is 0. The Morgan fingerprint density at radius 1 is 0.769 bits per heavy atom. The molecule has 1 heterocycles. The molecule has 0 N–H and O–H groups in total. The van der Waals surface area contributed by atoms with Crippen LogP contribution in [-0.4, -0.2) is 31.2 Å². The van der Waals surface area contributed by atoms with Crippen molar-refractivity contribution < 1.29 is 14.2 Å². The van der Waals surface area contributed by atoms with Crippen LogP contribution in [0, 0.1) is 5.92 Å². The Balaban J connectivity index is 3.20. The highest BCUT2D eigenvalue weighted by molar-refractivity contribution is 5.00. The number of rotatable bonds is 15. The fraction of sp³-hybridized carbons (Fsp3) is 1.00. The standard InChI is InChI=1S/C23H46O3/c1-6-11-14-21-22(15-12-7-2,16-13-8-3)24-20-17-23(21,25-18-9-4)26-19-10-5/h21H,6-20H2,1-5H3. The third-order valence-electron chi connectivity index (χ3n) is 5.86. The molecule has 0 aromatic carbocycles. The quantitative estimate of drug-likeness (QED) is 0.294. The first kappa shape index (κ1) is 23.9. The van der Waals surface area contributed by atoms with Crippen molar-refractivity contribution in [3.05, 3.63) is 0 Å². The van der Waals surface area contributed by atoms with Crippen molar-refractivity contribution in [2.45, 2.75) is 123 Å². The van der Waals surface area contributed by atoms with Gasteiger partial charge in [-0.25, -0.2) is 0 Å². The minimum atomic E-state index is -0.444. The van der Waals surface area contributed by atoms with E-state index in [-0.39, 0.29) is 5.60 Å². The highest BCUT2D eigenvalue weighted by Crippen LogP contribution is 2.49. The van der Waals surface area contributed by atoms with Gasteiger partial charge in [0, 0.05) is 25.6 Å². The average molecular weight is 371 g/mol. The minimum absolute atomic E-state index is 0.0685. The molecule has 3 nitrogen and oxygen atoms in total. The van der Waals surface area contributed by atoms with Crippen molar-refractivity contribution in [2.75, 3.05) is 19.8 Å². The van der Waals surface area contributed by atoms with Crippen molar-refractivity contribution in [1.29, 1.82) is 0 Å². The van der Waals surface area contributed by atoms with Crippen LogP contribution in [0.1, 0.15) is 112 Å².